The number of carbonyl (C=O) groups excluding carboxylic acids is 3. The molecule has 6 heterocycles. The number of amides is 4. The molecule has 4 amide bonds. The number of alkyl halides is 2. The summed E-state index contributed by atoms with van der Waals surface area (Å²) in [6.07, 6.45) is 1.12. The highest BCUT2D eigenvalue weighted by molar-refractivity contribution is 6.49. The lowest BCUT2D eigenvalue weighted by atomic mass is 9.96. The molecular weight excluding hydrogens is 553 g/mol. The van der Waals surface area contributed by atoms with Crippen molar-refractivity contribution in [2.24, 2.45) is 5.92 Å². The van der Waals surface area contributed by atoms with Gasteiger partial charge in [0, 0.05) is 56.1 Å². The fourth-order valence-electron chi connectivity index (χ4n) is 6.35. The minimum absolute atomic E-state index is 0.0264. The first-order valence-electron chi connectivity index (χ1n) is 13.6. The van der Waals surface area contributed by atoms with Gasteiger partial charge in [0.05, 0.1) is 34.5 Å². The topological polar surface area (TPSA) is 112 Å². The van der Waals surface area contributed by atoms with E-state index >= 15 is 4.39 Å². The number of imide groups is 1. The summed E-state index contributed by atoms with van der Waals surface area (Å²) in [6, 6.07) is 7.67. The molecule has 0 atom stereocenters. The summed E-state index contributed by atoms with van der Waals surface area (Å²) in [5.41, 5.74) is 2.81. The van der Waals surface area contributed by atoms with Gasteiger partial charge in [0.2, 0.25) is 0 Å². The van der Waals surface area contributed by atoms with Gasteiger partial charge >= 0.3 is 12.1 Å². The Morgan fingerprint density at radius 1 is 1.02 bits per heavy atom. The number of rotatable bonds is 3. The second-order valence-electron chi connectivity index (χ2n) is 10.9. The first-order valence-corrected chi connectivity index (χ1v) is 13.6. The number of piperidine rings is 1. The smallest absolute Gasteiger partial charge is 0.345 e. The number of aromatic nitrogens is 3. The molecule has 0 aliphatic carbocycles. The summed E-state index contributed by atoms with van der Waals surface area (Å²) in [6.45, 7) is 0.790. The number of pyridine rings is 1. The van der Waals surface area contributed by atoms with Crippen molar-refractivity contribution in [3.05, 3.63) is 71.6 Å². The molecule has 0 unspecified atom stereocenters. The lowest BCUT2D eigenvalue weighted by Gasteiger charge is -2.36. The van der Waals surface area contributed by atoms with Gasteiger partial charge in [0.15, 0.2) is 0 Å². The van der Waals surface area contributed by atoms with Gasteiger partial charge in [-0.1, -0.05) is 6.07 Å². The van der Waals surface area contributed by atoms with Crippen LogP contribution in [0.25, 0.3) is 27.7 Å². The molecule has 3 aromatic heterocycles. The maximum absolute atomic E-state index is 15.1. The minimum Gasteiger partial charge on any atom is -0.345 e. The number of benzene rings is 1. The molecule has 13 heteroatoms. The molecule has 0 saturated carbocycles. The van der Waals surface area contributed by atoms with E-state index in [1.54, 1.807) is 39.9 Å². The van der Waals surface area contributed by atoms with Crippen LogP contribution in [0.15, 0.2) is 48.9 Å². The number of halogens is 3. The Kier molecular flexibility index (Phi) is 5.91. The molecule has 2 N–H and O–H groups in total. The van der Waals surface area contributed by atoms with Crippen LogP contribution in [0.1, 0.15) is 29.7 Å². The number of imidazole rings is 1. The van der Waals surface area contributed by atoms with E-state index in [2.05, 4.69) is 10.3 Å². The van der Waals surface area contributed by atoms with Crippen molar-refractivity contribution < 1.29 is 32.7 Å². The molecule has 42 heavy (non-hydrogen) atoms. The second-order valence-corrected chi connectivity index (χ2v) is 10.9. The van der Waals surface area contributed by atoms with Crippen molar-refractivity contribution >= 4 is 45.5 Å². The molecule has 1 aromatic carbocycles. The summed E-state index contributed by atoms with van der Waals surface area (Å²) in [5, 5.41) is 11.9. The Morgan fingerprint density at radius 2 is 1.79 bits per heavy atom. The Labute approximate surface area is 236 Å². The predicted molar refractivity (Wildman–Crippen MR) is 144 cm³/mol. The average Bonchev–Trinajstić information content (AvgIpc) is 3.58. The molecule has 0 spiro atoms. The van der Waals surface area contributed by atoms with Crippen molar-refractivity contribution in [2.75, 3.05) is 19.6 Å². The van der Waals surface area contributed by atoms with Crippen LogP contribution >= 0.6 is 0 Å². The number of carbonyl (C=O) groups is 3. The number of fused-ring (bicyclic) bond motifs is 1. The second kappa shape index (κ2) is 9.44. The average molecular weight is 579 g/mol. The molecule has 10 nitrogen and oxygen atoms in total. The standard InChI is InChI=1S/C29H25F3N6O4/c30-18-11-16-14-37(28(41)35-7-4-17(5-8-35)29(31,32)42)10-9-36-15-20(19(12-18)25(16)36)23-24(27(40)34-26(23)39)21-13-33-22-3-1-2-6-38(21)22/h1-3,6,11-13,15,17,42H,4-5,7-10,14H2,(H,34,39,40). The van der Waals surface area contributed by atoms with E-state index in [1.807, 2.05) is 4.57 Å². The summed E-state index contributed by atoms with van der Waals surface area (Å²) in [5.74, 6) is -2.95. The largest absolute Gasteiger partial charge is 0.356 e. The third kappa shape index (κ3) is 4.14. The van der Waals surface area contributed by atoms with Crippen LogP contribution in [0.2, 0.25) is 0 Å². The quantitative estimate of drug-likeness (QED) is 0.363. The van der Waals surface area contributed by atoms with Crippen LogP contribution in [0.5, 0.6) is 0 Å². The van der Waals surface area contributed by atoms with E-state index < -0.39 is 29.7 Å². The van der Waals surface area contributed by atoms with Gasteiger partial charge in [-0.05, 0) is 42.7 Å². The number of hydrogen-bond donors (Lipinski definition) is 2. The molecule has 3 aliphatic rings. The van der Waals surface area contributed by atoms with E-state index in [0.717, 1.165) is 0 Å². The first-order chi connectivity index (χ1) is 20.1. The highest BCUT2D eigenvalue weighted by atomic mass is 19.3. The normalized spacial score (nSPS) is 18.4. The number of likely N-dealkylation sites (tertiary alicyclic amines) is 1. The van der Waals surface area contributed by atoms with Gasteiger partial charge in [0.25, 0.3) is 11.8 Å². The zero-order valence-corrected chi connectivity index (χ0v) is 22.2. The van der Waals surface area contributed by atoms with E-state index in [0.29, 0.717) is 39.9 Å². The van der Waals surface area contributed by atoms with Crippen molar-refractivity contribution in [1.29, 1.82) is 0 Å². The third-order valence-electron chi connectivity index (χ3n) is 8.39. The van der Waals surface area contributed by atoms with Gasteiger partial charge in [-0.25, -0.2) is 14.2 Å². The van der Waals surface area contributed by atoms with E-state index in [-0.39, 0.29) is 56.2 Å². The monoisotopic (exact) mass is 578 g/mol. The molecule has 7 rings (SSSR count). The zero-order valence-electron chi connectivity index (χ0n) is 22.2. The molecular formula is C29H25F3N6O4. The molecule has 216 valence electrons. The fraction of sp³-hybridized carbons (Fsp3) is 0.310. The fourth-order valence-corrected chi connectivity index (χ4v) is 6.35. The molecule has 0 bridgehead atoms. The molecule has 4 aromatic rings. The van der Waals surface area contributed by atoms with Crippen LogP contribution in [-0.4, -0.2) is 72.4 Å². The highest BCUT2D eigenvalue weighted by Gasteiger charge is 2.41. The molecule has 1 fully saturated rings. The van der Waals surface area contributed by atoms with Crippen LogP contribution < -0.4 is 5.32 Å². The highest BCUT2D eigenvalue weighted by Crippen LogP contribution is 2.39. The van der Waals surface area contributed by atoms with Crippen molar-refractivity contribution in [3.63, 3.8) is 0 Å². The number of nitrogens with zero attached hydrogens (tertiary/aromatic N) is 5. The SMILES string of the molecule is O=C1NC(=O)C(c2cnc3ccccn23)=C1c1cn2c3c(cc(F)cc13)CN(C(=O)N1CCC(C(O)(F)F)CC1)CC2. The van der Waals surface area contributed by atoms with Crippen molar-refractivity contribution in [1.82, 2.24) is 29.1 Å². The van der Waals surface area contributed by atoms with Crippen LogP contribution in [0.4, 0.5) is 18.0 Å². The Hall–Kier alpha value is -4.65. The Morgan fingerprint density at radius 3 is 2.55 bits per heavy atom. The lowest BCUT2D eigenvalue weighted by molar-refractivity contribution is -0.244. The van der Waals surface area contributed by atoms with Crippen LogP contribution in [-0.2, 0) is 22.7 Å². The summed E-state index contributed by atoms with van der Waals surface area (Å²) in [7, 11) is 0. The number of hydrogen-bond acceptors (Lipinski definition) is 5. The molecule has 1 saturated heterocycles. The first kappa shape index (κ1) is 26.3. The van der Waals surface area contributed by atoms with Gasteiger partial charge in [-0.2, -0.15) is 8.78 Å². The maximum atomic E-state index is 15.1. The zero-order chi connectivity index (χ0) is 29.3. The Balaban J connectivity index is 1.27. The summed E-state index contributed by atoms with van der Waals surface area (Å²) >= 11 is 0. The molecule has 3 aliphatic heterocycles. The Bertz CT molecular complexity index is 1830. The number of aliphatic hydroxyl groups is 1. The van der Waals surface area contributed by atoms with Gasteiger partial charge < -0.3 is 19.5 Å². The van der Waals surface area contributed by atoms with Gasteiger partial charge in [-0.15, -0.1) is 0 Å². The summed E-state index contributed by atoms with van der Waals surface area (Å²) < 4.78 is 45.3. The van der Waals surface area contributed by atoms with E-state index in [9.17, 15) is 23.2 Å². The van der Waals surface area contributed by atoms with Crippen LogP contribution in [0.3, 0.4) is 0 Å². The van der Waals surface area contributed by atoms with Gasteiger partial charge in [-0.3, -0.25) is 19.3 Å². The van der Waals surface area contributed by atoms with Crippen molar-refractivity contribution in [2.45, 2.75) is 32.0 Å². The third-order valence-corrected chi connectivity index (χ3v) is 8.39. The van der Waals surface area contributed by atoms with E-state index in [1.165, 1.54) is 23.2 Å². The summed E-state index contributed by atoms with van der Waals surface area (Å²) in [4.78, 5) is 47.0. The van der Waals surface area contributed by atoms with Crippen molar-refractivity contribution in [3.8, 4) is 0 Å². The molecule has 0 radical (unpaired) electrons. The van der Waals surface area contributed by atoms with Gasteiger partial charge in [0.1, 0.15) is 11.5 Å². The number of nitrogens with one attached hydrogen (secondary N) is 1. The maximum Gasteiger partial charge on any atom is 0.356 e. The number of urea groups is 1. The van der Waals surface area contributed by atoms with E-state index in [4.69, 9.17) is 5.11 Å². The lowest BCUT2D eigenvalue weighted by Crippen LogP contribution is -2.48. The van der Waals surface area contributed by atoms with Crippen LogP contribution in [0, 0.1) is 11.7 Å². The minimum atomic E-state index is -3.78. The predicted octanol–water partition coefficient (Wildman–Crippen LogP) is 3.23.